The summed E-state index contributed by atoms with van der Waals surface area (Å²) in [5, 5.41) is 5.54. The summed E-state index contributed by atoms with van der Waals surface area (Å²) in [7, 11) is -3.78. The molecule has 1 saturated carbocycles. The number of benzene rings is 1. The Morgan fingerprint density at radius 2 is 1.75 bits per heavy atom. The van der Waals surface area contributed by atoms with Crippen molar-refractivity contribution >= 4 is 21.8 Å². The predicted molar refractivity (Wildman–Crippen MR) is 87.9 cm³/mol. The van der Waals surface area contributed by atoms with Gasteiger partial charge in [-0.15, -0.1) is 0 Å². The van der Waals surface area contributed by atoms with E-state index in [0.29, 0.717) is 18.5 Å². The molecule has 8 heteroatoms. The van der Waals surface area contributed by atoms with E-state index in [9.17, 15) is 18.0 Å². The Hall–Kier alpha value is -1.93. The van der Waals surface area contributed by atoms with Crippen LogP contribution in [0.15, 0.2) is 29.2 Å². The minimum Gasteiger partial charge on any atom is -0.355 e. The maximum absolute atomic E-state index is 12.3. The molecule has 0 radical (unpaired) electrons. The number of amides is 2. The summed E-state index contributed by atoms with van der Waals surface area (Å²) in [6, 6.07) is 5.24. The minimum absolute atomic E-state index is 0.0413. The zero-order valence-corrected chi connectivity index (χ0v) is 14.1. The molecule has 2 amide bonds. The van der Waals surface area contributed by atoms with Crippen molar-refractivity contribution in [2.24, 2.45) is 0 Å². The van der Waals surface area contributed by atoms with Gasteiger partial charge < -0.3 is 10.6 Å². The fraction of sp³-hybridized carbons (Fsp3) is 0.500. The molecule has 1 heterocycles. The van der Waals surface area contributed by atoms with Crippen molar-refractivity contribution in [1.82, 2.24) is 15.4 Å². The summed E-state index contributed by atoms with van der Waals surface area (Å²) < 4.78 is 27.0. The lowest BCUT2D eigenvalue weighted by Crippen LogP contribution is -2.40. The van der Waals surface area contributed by atoms with E-state index in [4.69, 9.17) is 0 Å². The van der Waals surface area contributed by atoms with Crippen molar-refractivity contribution < 1.29 is 18.0 Å². The summed E-state index contributed by atoms with van der Waals surface area (Å²) in [5.74, 6) is -0.500. The van der Waals surface area contributed by atoms with E-state index in [0.717, 1.165) is 25.7 Å². The normalized spacial score (nSPS) is 21.7. The molecule has 2 aliphatic rings. The van der Waals surface area contributed by atoms with E-state index in [1.165, 1.54) is 24.3 Å². The third-order valence-corrected chi connectivity index (χ3v) is 5.95. The van der Waals surface area contributed by atoms with Gasteiger partial charge in [-0.05, 0) is 43.5 Å². The molecular weight excluding hydrogens is 330 g/mol. The average Bonchev–Trinajstić information content (AvgIpc) is 3.20. The van der Waals surface area contributed by atoms with Gasteiger partial charge in [0.05, 0.1) is 4.90 Å². The average molecular weight is 351 g/mol. The third kappa shape index (κ3) is 3.76. The maximum Gasteiger partial charge on any atom is 0.251 e. The van der Waals surface area contributed by atoms with Gasteiger partial charge in [0.25, 0.3) is 5.91 Å². The number of hydrogen-bond acceptors (Lipinski definition) is 4. The number of carbonyl (C=O) groups is 2. The molecule has 3 N–H and O–H groups in total. The second-order valence-electron chi connectivity index (χ2n) is 6.23. The number of hydrogen-bond donors (Lipinski definition) is 3. The Morgan fingerprint density at radius 1 is 1.08 bits per heavy atom. The van der Waals surface area contributed by atoms with Crippen LogP contribution in [0, 0.1) is 0 Å². The fourth-order valence-corrected chi connectivity index (χ4v) is 4.32. The largest absolute Gasteiger partial charge is 0.355 e. The predicted octanol–water partition coefficient (Wildman–Crippen LogP) is 0.526. The minimum atomic E-state index is -3.78. The summed E-state index contributed by atoms with van der Waals surface area (Å²) in [4.78, 5) is 23.7. The van der Waals surface area contributed by atoms with E-state index in [1.807, 2.05) is 0 Å². The standard InChI is InChI=1S/C16H21N3O4S/c20-15(18-12-3-1-2-4-12)11-5-7-13(8-6-11)24(22,23)19-14-9-10-17-16(14)21/h5-8,12,14,19H,1-4,9-10H2,(H,17,21)(H,18,20). The highest BCUT2D eigenvalue weighted by Crippen LogP contribution is 2.18. The van der Waals surface area contributed by atoms with Crippen LogP contribution in [-0.2, 0) is 14.8 Å². The Kier molecular flexibility index (Phi) is 4.86. The molecule has 2 fully saturated rings. The molecule has 3 rings (SSSR count). The molecule has 0 spiro atoms. The van der Waals surface area contributed by atoms with Crippen molar-refractivity contribution in [3.8, 4) is 0 Å². The van der Waals surface area contributed by atoms with E-state index >= 15 is 0 Å². The molecule has 1 aromatic carbocycles. The van der Waals surface area contributed by atoms with E-state index < -0.39 is 16.1 Å². The topological polar surface area (TPSA) is 104 Å². The summed E-state index contributed by atoms with van der Waals surface area (Å²) in [5.41, 5.74) is 0.430. The second kappa shape index (κ2) is 6.90. The van der Waals surface area contributed by atoms with Crippen LogP contribution in [0.3, 0.4) is 0 Å². The number of nitrogens with one attached hydrogen (secondary N) is 3. The van der Waals surface area contributed by atoms with Crippen LogP contribution in [0.5, 0.6) is 0 Å². The van der Waals surface area contributed by atoms with Crippen LogP contribution in [0.2, 0.25) is 0 Å². The van der Waals surface area contributed by atoms with Crippen molar-refractivity contribution in [2.75, 3.05) is 6.54 Å². The highest BCUT2D eigenvalue weighted by molar-refractivity contribution is 7.89. The van der Waals surface area contributed by atoms with Crippen LogP contribution in [-0.4, -0.2) is 38.9 Å². The molecule has 130 valence electrons. The van der Waals surface area contributed by atoms with Crippen molar-refractivity contribution in [3.05, 3.63) is 29.8 Å². The van der Waals surface area contributed by atoms with Crippen LogP contribution >= 0.6 is 0 Å². The first-order valence-electron chi connectivity index (χ1n) is 8.17. The Bertz CT molecular complexity index is 724. The maximum atomic E-state index is 12.3. The molecule has 1 unspecified atom stereocenters. The molecule has 1 saturated heterocycles. The van der Waals surface area contributed by atoms with E-state index in [-0.39, 0.29) is 22.8 Å². The molecule has 1 aliphatic carbocycles. The van der Waals surface area contributed by atoms with Crippen molar-refractivity contribution in [3.63, 3.8) is 0 Å². The molecular formula is C16H21N3O4S. The molecule has 1 aromatic rings. The molecule has 1 aliphatic heterocycles. The molecule has 24 heavy (non-hydrogen) atoms. The zero-order chi connectivity index (χ0) is 17.2. The first-order valence-corrected chi connectivity index (χ1v) is 9.65. The molecule has 0 aromatic heterocycles. The first kappa shape index (κ1) is 16.9. The van der Waals surface area contributed by atoms with Gasteiger partial charge >= 0.3 is 0 Å². The van der Waals surface area contributed by atoms with Gasteiger partial charge in [-0.1, -0.05) is 12.8 Å². The molecule has 7 nitrogen and oxygen atoms in total. The van der Waals surface area contributed by atoms with E-state index in [1.54, 1.807) is 0 Å². The van der Waals surface area contributed by atoms with Crippen LogP contribution in [0.1, 0.15) is 42.5 Å². The summed E-state index contributed by atoms with van der Waals surface area (Å²) >= 11 is 0. The first-order chi connectivity index (χ1) is 11.5. The number of carbonyl (C=O) groups excluding carboxylic acids is 2. The fourth-order valence-electron chi connectivity index (χ4n) is 3.09. The lowest BCUT2D eigenvalue weighted by molar-refractivity contribution is -0.120. The highest BCUT2D eigenvalue weighted by atomic mass is 32.2. The van der Waals surface area contributed by atoms with Gasteiger partial charge in [0.15, 0.2) is 0 Å². The Labute approximate surface area is 141 Å². The smallest absolute Gasteiger partial charge is 0.251 e. The SMILES string of the molecule is O=C(NC1CCCC1)c1ccc(S(=O)(=O)NC2CCNC2=O)cc1. The van der Waals surface area contributed by atoms with Crippen molar-refractivity contribution in [2.45, 2.75) is 49.1 Å². The van der Waals surface area contributed by atoms with Crippen LogP contribution < -0.4 is 15.4 Å². The summed E-state index contributed by atoms with van der Waals surface area (Å²) in [6.45, 7) is 0.465. The van der Waals surface area contributed by atoms with E-state index in [2.05, 4.69) is 15.4 Å². The molecule has 0 bridgehead atoms. The van der Waals surface area contributed by atoms with Gasteiger partial charge in [-0.25, -0.2) is 8.42 Å². The number of sulfonamides is 1. The van der Waals surface area contributed by atoms with Gasteiger partial charge in [-0.3, -0.25) is 9.59 Å². The Morgan fingerprint density at radius 3 is 2.33 bits per heavy atom. The lowest BCUT2D eigenvalue weighted by atomic mass is 10.2. The summed E-state index contributed by atoms with van der Waals surface area (Å²) in [6.07, 6.45) is 4.67. The van der Waals surface area contributed by atoms with Crippen molar-refractivity contribution in [1.29, 1.82) is 0 Å². The van der Waals surface area contributed by atoms with Crippen LogP contribution in [0.4, 0.5) is 0 Å². The van der Waals surface area contributed by atoms with Crippen LogP contribution in [0.25, 0.3) is 0 Å². The third-order valence-electron chi connectivity index (χ3n) is 4.46. The van der Waals surface area contributed by atoms with Gasteiger partial charge in [-0.2, -0.15) is 4.72 Å². The van der Waals surface area contributed by atoms with Gasteiger partial charge in [0, 0.05) is 18.2 Å². The number of rotatable bonds is 5. The monoisotopic (exact) mass is 351 g/mol. The molecule has 1 atom stereocenters. The zero-order valence-electron chi connectivity index (χ0n) is 13.2. The highest BCUT2D eigenvalue weighted by Gasteiger charge is 2.29. The second-order valence-corrected chi connectivity index (χ2v) is 7.95. The Balaban J connectivity index is 1.66. The van der Waals surface area contributed by atoms with Gasteiger partial charge in [0.2, 0.25) is 15.9 Å². The lowest BCUT2D eigenvalue weighted by Gasteiger charge is -2.13. The van der Waals surface area contributed by atoms with Gasteiger partial charge in [0.1, 0.15) is 6.04 Å². The quantitative estimate of drug-likeness (QED) is 0.719.